The first-order valence-electron chi connectivity index (χ1n) is 2.63. The third kappa shape index (κ3) is 0.529. The molecule has 2 nitrogen and oxygen atoms in total. The standard InChI is InChI=1S/C6H8O2/c1-3-5-4(2)6(7)8-5/h3-4H,1-2H3/b5-3+/t4-/m0/s1. The number of cyclic esters (lactones) is 1. The van der Waals surface area contributed by atoms with Gasteiger partial charge in [-0.05, 0) is 19.9 Å². The number of rotatable bonds is 0. The highest BCUT2D eigenvalue weighted by molar-refractivity contribution is 5.82. The van der Waals surface area contributed by atoms with E-state index in [2.05, 4.69) is 4.74 Å². The maximum atomic E-state index is 10.3. The minimum Gasteiger partial charge on any atom is -0.430 e. The second-order valence-corrected chi connectivity index (χ2v) is 1.83. The molecule has 1 heterocycles. The Morgan fingerprint density at radius 3 is 2.50 bits per heavy atom. The van der Waals surface area contributed by atoms with Gasteiger partial charge in [0.2, 0.25) is 0 Å². The highest BCUT2D eigenvalue weighted by atomic mass is 16.6. The van der Waals surface area contributed by atoms with E-state index in [1.54, 1.807) is 0 Å². The Labute approximate surface area is 48.1 Å². The van der Waals surface area contributed by atoms with E-state index in [-0.39, 0.29) is 11.9 Å². The van der Waals surface area contributed by atoms with E-state index in [1.807, 2.05) is 19.9 Å². The van der Waals surface area contributed by atoms with Crippen LogP contribution in [-0.4, -0.2) is 5.97 Å². The summed E-state index contributed by atoms with van der Waals surface area (Å²) in [6, 6.07) is 0. The van der Waals surface area contributed by atoms with Crippen LogP contribution in [0.15, 0.2) is 11.8 Å². The molecule has 0 aromatic heterocycles. The normalized spacial score (nSPS) is 32.0. The molecule has 1 atom stereocenters. The van der Waals surface area contributed by atoms with Gasteiger partial charge in [-0.3, -0.25) is 4.79 Å². The Balaban J connectivity index is 2.60. The summed E-state index contributed by atoms with van der Waals surface area (Å²) in [4.78, 5) is 10.3. The largest absolute Gasteiger partial charge is 0.430 e. The summed E-state index contributed by atoms with van der Waals surface area (Å²) < 4.78 is 4.62. The Morgan fingerprint density at radius 1 is 1.75 bits per heavy atom. The lowest BCUT2D eigenvalue weighted by Crippen LogP contribution is -2.29. The van der Waals surface area contributed by atoms with Crippen LogP contribution in [0.2, 0.25) is 0 Å². The van der Waals surface area contributed by atoms with Crippen molar-refractivity contribution in [3.63, 3.8) is 0 Å². The molecule has 0 aromatic rings. The van der Waals surface area contributed by atoms with Crippen LogP contribution in [0.4, 0.5) is 0 Å². The van der Waals surface area contributed by atoms with Crippen molar-refractivity contribution in [2.75, 3.05) is 0 Å². The van der Waals surface area contributed by atoms with Crippen molar-refractivity contribution in [3.05, 3.63) is 11.8 Å². The van der Waals surface area contributed by atoms with Gasteiger partial charge in [0.1, 0.15) is 11.7 Å². The molecule has 0 saturated carbocycles. The lowest BCUT2D eigenvalue weighted by atomic mass is 10.1. The van der Waals surface area contributed by atoms with Crippen molar-refractivity contribution in [3.8, 4) is 0 Å². The van der Waals surface area contributed by atoms with Gasteiger partial charge >= 0.3 is 5.97 Å². The first kappa shape index (κ1) is 5.35. The molecule has 8 heavy (non-hydrogen) atoms. The first-order valence-corrected chi connectivity index (χ1v) is 2.63. The van der Waals surface area contributed by atoms with Crippen molar-refractivity contribution in [2.45, 2.75) is 13.8 Å². The van der Waals surface area contributed by atoms with E-state index >= 15 is 0 Å². The topological polar surface area (TPSA) is 26.3 Å². The van der Waals surface area contributed by atoms with Crippen LogP contribution in [0.1, 0.15) is 13.8 Å². The maximum absolute atomic E-state index is 10.3. The molecule has 1 fully saturated rings. The van der Waals surface area contributed by atoms with Gasteiger partial charge in [-0.2, -0.15) is 0 Å². The average Bonchev–Trinajstić information content (AvgIpc) is 1.81. The Morgan fingerprint density at radius 2 is 2.38 bits per heavy atom. The molecule has 0 aliphatic carbocycles. The summed E-state index contributed by atoms with van der Waals surface area (Å²) in [6.07, 6.45) is 1.81. The monoisotopic (exact) mass is 112 g/mol. The van der Waals surface area contributed by atoms with Crippen LogP contribution < -0.4 is 0 Å². The molecule has 44 valence electrons. The minimum atomic E-state index is -0.113. The van der Waals surface area contributed by atoms with Crippen LogP contribution in [0.25, 0.3) is 0 Å². The number of hydrogen-bond acceptors (Lipinski definition) is 2. The average molecular weight is 112 g/mol. The van der Waals surface area contributed by atoms with Gasteiger partial charge in [-0.15, -0.1) is 0 Å². The molecule has 0 radical (unpaired) electrons. The number of esters is 1. The lowest BCUT2D eigenvalue weighted by molar-refractivity contribution is -0.155. The van der Waals surface area contributed by atoms with Gasteiger partial charge < -0.3 is 4.74 Å². The maximum Gasteiger partial charge on any atom is 0.321 e. The fourth-order valence-electron chi connectivity index (χ4n) is 0.660. The summed E-state index contributed by atoms with van der Waals surface area (Å²) in [5, 5.41) is 0. The molecule has 2 heteroatoms. The molecule has 1 rings (SSSR count). The van der Waals surface area contributed by atoms with Crippen LogP contribution in [-0.2, 0) is 9.53 Å². The molecule has 0 N–H and O–H groups in total. The number of carbonyl (C=O) groups excluding carboxylic acids is 1. The zero-order valence-electron chi connectivity index (χ0n) is 4.97. The minimum absolute atomic E-state index is 0.0139. The Bertz CT molecular complexity index is 147. The van der Waals surface area contributed by atoms with Gasteiger partial charge in [0.05, 0.1) is 0 Å². The highest BCUT2D eigenvalue weighted by Gasteiger charge is 2.31. The van der Waals surface area contributed by atoms with Crippen molar-refractivity contribution in [1.82, 2.24) is 0 Å². The Kier molecular flexibility index (Phi) is 1.08. The fourth-order valence-corrected chi connectivity index (χ4v) is 0.660. The number of carbonyl (C=O) groups is 1. The van der Waals surface area contributed by atoms with E-state index in [0.717, 1.165) is 5.76 Å². The third-order valence-electron chi connectivity index (χ3n) is 1.28. The van der Waals surface area contributed by atoms with Gasteiger partial charge in [0.25, 0.3) is 0 Å². The van der Waals surface area contributed by atoms with Crippen LogP contribution in [0, 0.1) is 5.92 Å². The number of allylic oxidation sites excluding steroid dienone is 1. The predicted molar refractivity (Wildman–Crippen MR) is 29.0 cm³/mol. The second kappa shape index (κ2) is 1.62. The molecular weight excluding hydrogens is 104 g/mol. The summed E-state index contributed by atoms with van der Waals surface area (Å²) in [5.41, 5.74) is 0. The summed E-state index contributed by atoms with van der Waals surface area (Å²) in [7, 11) is 0. The number of hydrogen-bond donors (Lipinski definition) is 0. The van der Waals surface area contributed by atoms with Crippen molar-refractivity contribution in [2.24, 2.45) is 5.92 Å². The SMILES string of the molecule is C/C=C1/OC(=O)[C@H]1C. The zero-order chi connectivity index (χ0) is 6.15. The molecule has 1 aliphatic rings. The Hall–Kier alpha value is -0.790. The van der Waals surface area contributed by atoms with Gasteiger partial charge in [-0.25, -0.2) is 0 Å². The van der Waals surface area contributed by atoms with Gasteiger partial charge in [0.15, 0.2) is 0 Å². The third-order valence-corrected chi connectivity index (χ3v) is 1.28. The van der Waals surface area contributed by atoms with E-state index in [4.69, 9.17) is 0 Å². The predicted octanol–water partition coefficient (Wildman–Crippen LogP) is 1.08. The van der Waals surface area contributed by atoms with E-state index in [1.165, 1.54) is 0 Å². The molecule has 0 spiro atoms. The molecule has 0 bridgehead atoms. The van der Waals surface area contributed by atoms with Crippen LogP contribution in [0.5, 0.6) is 0 Å². The van der Waals surface area contributed by atoms with Gasteiger partial charge in [-0.1, -0.05) is 0 Å². The molecule has 0 aromatic carbocycles. The molecule has 0 unspecified atom stereocenters. The molecular formula is C6H8O2. The van der Waals surface area contributed by atoms with E-state index in [0.29, 0.717) is 0 Å². The zero-order valence-corrected chi connectivity index (χ0v) is 4.97. The molecule has 1 saturated heterocycles. The van der Waals surface area contributed by atoms with Crippen molar-refractivity contribution >= 4 is 5.97 Å². The number of ether oxygens (including phenoxy) is 1. The molecule has 1 aliphatic heterocycles. The first-order chi connectivity index (χ1) is 3.75. The lowest BCUT2D eigenvalue weighted by Gasteiger charge is -2.23. The quantitative estimate of drug-likeness (QED) is 0.438. The van der Waals surface area contributed by atoms with Gasteiger partial charge in [0, 0.05) is 0 Å². The molecule has 0 amide bonds. The van der Waals surface area contributed by atoms with Crippen LogP contribution in [0.3, 0.4) is 0 Å². The smallest absolute Gasteiger partial charge is 0.321 e. The van der Waals surface area contributed by atoms with E-state index in [9.17, 15) is 4.79 Å². The second-order valence-electron chi connectivity index (χ2n) is 1.83. The highest BCUT2D eigenvalue weighted by Crippen LogP contribution is 2.24. The summed E-state index contributed by atoms with van der Waals surface area (Å²) in [5.74, 6) is 0.702. The van der Waals surface area contributed by atoms with Crippen LogP contribution >= 0.6 is 0 Å². The summed E-state index contributed by atoms with van der Waals surface area (Å²) in [6.45, 7) is 3.69. The van der Waals surface area contributed by atoms with Crippen molar-refractivity contribution < 1.29 is 9.53 Å². The van der Waals surface area contributed by atoms with E-state index < -0.39 is 0 Å². The summed E-state index contributed by atoms with van der Waals surface area (Å²) >= 11 is 0. The van der Waals surface area contributed by atoms with Crippen molar-refractivity contribution in [1.29, 1.82) is 0 Å². The fraction of sp³-hybridized carbons (Fsp3) is 0.500.